The van der Waals surface area contributed by atoms with Gasteiger partial charge < -0.3 is 10.1 Å². The van der Waals surface area contributed by atoms with Crippen LogP contribution >= 0.6 is 0 Å². The average molecular weight is 177 g/mol. The van der Waals surface area contributed by atoms with Gasteiger partial charge in [0.15, 0.2) is 0 Å². The normalized spacial score (nSPS) is 19.5. The number of nitrogens with one attached hydrogen (secondary N) is 1. The second-order valence-corrected chi connectivity index (χ2v) is 3.49. The largest absolute Gasteiger partial charge is 0.376 e. The van der Waals surface area contributed by atoms with Gasteiger partial charge in [-0.15, -0.1) is 0 Å². The third-order valence-corrected chi connectivity index (χ3v) is 2.62. The van der Waals surface area contributed by atoms with Crippen LogP contribution in [0.2, 0.25) is 0 Å². The molecular weight excluding hydrogens is 162 g/mol. The van der Waals surface area contributed by atoms with E-state index in [4.69, 9.17) is 4.74 Å². The summed E-state index contributed by atoms with van der Waals surface area (Å²) in [6, 6.07) is 10.4. The average Bonchev–Trinajstić information content (AvgIpc) is 2.12. The lowest BCUT2D eigenvalue weighted by Crippen LogP contribution is -2.45. The van der Waals surface area contributed by atoms with Crippen LogP contribution in [0.3, 0.4) is 0 Å². The highest BCUT2D eigenvalue weighted by Crippen LogP contribution is 2.27. The molecule has 1 aromatic rings. The van der Waals surface area contributed by atoms with Crippen molar-refractivity contribution in [3.05, 3.63) is 35.9 Å². The molecule has 1 N–H and O–H groups in total. The molecule has 0 unspecified atom stereocenters. The van der Waals surface area contributed by atoms with Crippen LogP contribution in [0.15, 0.2) is 30.3 Å². The van der Waals surface area contributed by atoms with Gasteiger partial charge in [-0.1, -0.05) is 30.3 Å². The van der Waals surface area contributed by atoms with Gasteiger partial charge in [-0.05, 0) is 5.56 Å². The van der Waals surface area contributed by atoms with Crippen LogP contribution < -0.4 is 5.32 Å². The lowest BCUT2D eigenvalue weighted by Gasteiger charge is -2.34. The number of benzene rings is 1. The van der Waals surface area contributed by atoms with Crippen LogP contribution in [0.4, 0.5) is 0 Å². The Bertz CT molecular complexity index is 256. The Morgan fingerprint density at radius 3 is 2.46 bits per heavy atom. The fraction of sp³-hybridized carbons (Fsp3) is 0.455. The van der Waals surface area contributed by atoms with Crippen molar-refractivity contribution in [1.29, 1.82) is 0 Å². The standard InChI is InChI=1S/C11H15NO/c1-13-11(10-7-12-8-10)9-5-3-2-4-6-9/h2-6,10-12H,7-8H2,1H3/t11-/m0/s1. The number of methoxy groups -OCH3 is 1. The zero-order valence-electron chi connectivity index (χ0n) is 7.86. The summed E-state index contributed by atoms with van der Waals surface area (Å²) in [5, 5.41) is 3.27. The Morgan fingerprint density at radius 2 is 2.00 bits per heavy atom. The summed E-state index contributed by atoms with van der Waals surface area (Å²) in [4.78, 5) is 0. The fourth-order valence-electron chi connectivity index (χ4n) is 1.77. The van der Waals surface area contributed by atoms with E-state index < -0.39 is 0 Å². The number of hydrogen-bond donors (Lipinski definition) is 1. The molecule has 1 aliphatic rings. The maximum absolute atomic E-state index is 5.50. The summed E-state index contributed by atoms with van der Waals surface area (Å²) >= 11 is 0. The second kappa shape index (κ2) is 3.90. The Kier molecular flexibility index (Phi) is 2.62. The Hall–Kier alpha value is -0.860. The molecule has 1 aromatic carbocycles. The van der Waals surface area contributed by atoms with Gasteiger partial charge in [-0.2, -0.15) is 0 Å². The van der Waals surface area contributed by atoms with Crippen molar-refractivity contribution in [2.75, 3.05) is 20.2 Å². The van der Waals surface area contributed by atoms with Gasteiger partial charge in [0.05, 0.1) is 6.10 Å². The number of ether oxygens (including phenoxy) is 1. The van der Waals surface area contributed by atoms with E-state index in [1.54, 1.807) is 7.11 Å². The molecule has 0 aliphatic carbocycles. The maximum atomic E-state index is 5.50. The van der Waals surface area contributed by atoms with E-state index in [2.05, 4.69) is 29.6 Å². The molecule has 0 radical (unpaired) electrons. The highest BCUT2D eigenvalue weighted by atomic mass is 16.5. The summed E-state index contributed by atoms with van der Waals surface area (Å²) in [5.41, 5.74) is 1.29. The SMILES string of the molecule is CO[C@@H](c1ccccc1)C1CNC1. The van der Waals surface area contributed by atoms with Gasteiger partial charge >= 0.3 is 0 Å². The Balaban J connectivity index is 2.12. The van der Waals surface area contributed by atoms with Gasteiger partial charge in [0.2, 0.25) is 0 Å². The lowest BCUT2D eigenvalue weighted by atomic mass is 9.91. The van der Waals surface area contributed by atoms with Crippen molar-refractivity contribution < 1.29 is 4.74 Å². The molecule has 1 saturated heterocycles. The van der Waals surface area contributed by atoms with Crippen LogP contribution in [0, 0.1) is 5.92 Å². The summed E-state index contributed by atoms with van der Waals surface area (Å²) in [7, 11) is 1.79. The highest BCUT2D eigenvalue weighted by molar-refractivity contribution is 5.19. The molecule has 0 saturated carbocycles. The topological polar surface area (TPSA) is 21.3 Å². The maximum Gasteiger partial charge on any atom is 0.0873 e. The third kappa shape index (κ3) is 1.74. The second-order valence-electron chi connectivity index (χ2n) is 3.49. The van der Waals surface area contributed by atoms with Gasteiger partial charge in [-0.25, -0.2) is 0 Å². The summed E-state index contributed by atoms with van der Waals surface area (Å²) in [5.74, 6) is 0.646. The molecule has 1 fully saturated rings. The zero-order valence-corrected chi connectivity index (χ0v) is 7.86. The first kappa shape index (κ1) is 8.73. The Labute approximate surface area is 78.9 Å². The van der Waals surface area contributed by atoms with E-state index in [0.717, 1.165) is 13.1 Å². The Morgan fingerprint density at radius 1 is 1.31 bits per heavy atom. The molecule has 70 valence electrons. The van der Waals surface area contributed by atoms with Crippen molar-refractivity contribution in [3.63, 3.8) is 0 Å². The van der Waals surface area contributed by atoms with E-state index in [0.29, 0.717) is 5.92 Å². The molecule has 1 atom stereocenters. The first-order chi connectivity index (χ1) is 6.42. The molecule has 2 nitrogen and oxygen atoms in total. The van der Waals surface area contributed by atoms with Crippen LogP contribution in [-0.4, -0.2) is 20.2 Å². The fourth-order valence-corrected chi connectivity index (χ4v) is 1.77. The zero-order chi connectivity index (χ0) is 9.10. The van der Waals surface area contributed by atoms with Gasteiger partial charge in [0.25, 0.3) is 0 Å². The van der Waals surface area contributed by atoms with Gasteiger partial charge in [0, 0.05) is 26.1 Å². The molecule has 0 amide bonds. The van der Waals surface area contributed by atoms with Crippen molar-refractivity contribution >= 4 is 0 Å². The molecular formula is C11H15NO. The highest BCUT2D eigenvalue weighted by Gasteiger charge is 2.27. The summed E-state index contributed by atoms with van der Waals surface area (Å²) in [6.07, 6.45) is 0.266. The predicted molar refractivity (Wildman–Crippen MR) is 52.6 cm³/mol. The van der Waals surface area contributed by atoms with E-state index in [1.807, 2.05) is 6.07 Å². The molecule has 2 rings (SSSR count). The third-order valence-electron chi connectivity index (χ3n) is 2.62. The monoisotopic (exact) mass is 177 g/mol. The van der Waals surface area contributed by atoms with Crippen LogP contribution in [0.25, 0.3) is 0 Å². The number of rotatable bonds is 3. The van der Waals surface area contributed by atoms with E-state index in [1.165, 1.54) is 5.56 Å². The molecule has 13 heavy (non-hydrogen) atoms. The lowest BCUT2D eigenvalue weighted by molar-refractivity contribution is 0.0292. The molecule has 1 heterocycles. The summed E-state index contributed by atoms with van der Waals surface area (Å²) in [6.45, 7) is 2.15. The van der Waals surface area contributed by atoms with Crippen molar-refractivity contribution in [1.82, 2.24) is 5.32 Å². The molecule has 2 heteroatoms. The molecule has 0 bridgehead atoms. The minimum Gasteiger partial charge on any atom is -0.376 e. The predicted octanol–water partition coefficient (Wildman–Crippen LogP) is 1.59. The van der Waals surface area contributed by atoms with Crippen molar-refractivity contribution in [2.45, 2.75) is 6.10 Å². The molecule has 1 aliphatic heterocycles. The van der Waals surface area contributed by atoms with Crippen molar-refractivity contribution in [3.8, 4) is 0 Å². The minimum atomic E-state index is 0.266. The van der Waals surface area contributed by atoms with Crippen LogP contribution in [0.5, 0.6) is 0 Å². The first-order valence-corrected chi connectivity index (χ1v) is 4.70. The quantitative estimate of drug-likeness (QED) is 0.757. The number of hydrogen-bond acceptors (Lipinski definition) is 2. The van der Waals surface area contributed by atoms with E-state index in [9.17, 15) is 0 Å². The summed E-state index contributed by atoms with van der Waals surface area (Å²) < 4.78 is 5.50. The minimum absolute atomic E-state index is 0.266. The van der Waals surface area contributed by atoms with Crippen LogP contribution in [-0.2, 0) is 4.74 Å². The van der Waals surface area contributed by atoms with Gasteiger partial charge in [-0.3, -0.25) is 0 Å². The van der Waals surface area contributed by atoms with Crippen molar-refractivity contribution in [2.24, 2.45) is 5.92 Å². The van der Waals surface area contributed by atoms with Crippen LogP contribution in [0.1, 0.15) is 11.7 Å². The smallest absolute Gasteiger partial charge is 0.0873 e. The van der Waals surface area contributed by atoms with Gasteiger partial charge in [0.1, 0.15) is 0 Å². The first-order valence-electron chi connectivity index (χ1n) is 4.70. The molecule has 0 spiro atoms. The molecule has 0 aromatic heterocycles. The van der Waals surface area contributed by atoms with E-state index >= 15 is 0 Å². The van der Waals surface area contributed by atoms with E-state index in [-0.39, 0.29) is 6.10 Å².